The van der Waals surface area contributed by atoms with Gasteiger partial charge in [0, 0.05) is 5.56 Å². The highest BCUT2D eigenvalue weighted by molar-refractivity contribution is 5.82. The van der Waals surface area contributed by atoms with Crippen molar-refractivity contribution in [2.24, 2.45) is 0 Å². The molecule has 0 nitrogen and oxygen atoms in total. The van der Waals surface area contributed by atoms with E-state index in [0.29, 0.717) is 0 Å². The fourth-order valence-corrected chi connectivity index (χ4v) is 3.31. The van der Waals surface area contributed by atoms with Gasteiger partial charge in [0.1, 0.15) is 0 Å². The van der Waals surface area contributed by atoms with E-state index in [-0.39, 0.29) is 5.41 Å². The minimum Gasteiger partial charge on any atom is -0.0817 e. The molecule has 0 saturated heterocycles. The highest BCUT2D eigenvalue weighted by Gasteiger charge is 2.37. The van der Waals surface area contributed by atoms with Gasteiger partial charge in [0.2, 0.25) is 0 Å². The van der Waals surface area contributed by atoms with E-state index >= 15 is 0 Å². The molecule has 0 radical (unpaired) electrons. The van der Waals surface area contributed by atoms with E-state index in [1.54, 1.807) is 0 Å². The maximum absolute atomic E-state index is 3.54. The monoisotopic (exact) mass is 280 g/mol. The third kappa shape index (κ3) is 1.87. The average Bonchev–Trinajstić information content (AvgIpc) is 2.85. The van der Waals surface area contributed by atoms with Crippen LogP contribution in [0.2, 0.25) is 0 Å². The maximum Gasteiger partial charge on any atom is 0.0799 e. The maximum atomic E-state index is 3.54. The van der Waals surface area contributed by atoms with Crippen molar-refractivity contribution in [2.75, 3.05) is 0 Å². The number of rotatable bonds is 0. The number of hydrogen-bond donors (Lipinski definition) is 0. The summed E-state index contributed by atoms with van der Waals surface area (Å²) in [7, 11) is 0. The minimum atomic E-state index is -0.247. The average molecular weight is 280 g/mol. The first-order valence-electron chi connectivity index (χ1n) is 7.57. The van der Waals surface area contributed by atoms with Crippen LogP contribution in [0, 0.1) is 11.8 Å². The lowest BCUT2D eigenvalue weighted by molar-refractivity contribution is 0.778. The first-order chi connectivity index (χ1) is 10.8. The Hall–Kier alpha value is -2.78. The summed E-state index contributed by atoms with van der Waals surface area (Å²) in [4.78, 5) is 0. The normalized spacial score (nSPS) is 13.7. The number of hydrogen-bond acceptors (Lipinski definition) is 0. The second-order valence-electron chi connectivity index (χ2n) is 5.83. The van der Waals surface area contributed by atoms with Crippen molar-refractivity contribution in [3.05, 3.63) is 95.6 Å². The van der Waals surface area contributed by atoms with E-state index in [2.05, 4.69) is 79.4 Å². The zero-order valence-corrected chi connectivity index (χ0v) is 12.5. The molecule has 3 aromatic rings. The van der Waals surface area contributed by atoms with Crippen LogP contribution in [0.4, 0.5) is 0 Å². The van der Waals surface area contributed by atoms with Crippen molar-refractivity contribution >= 4 is 0 Å². The Bertz CT molecular complexity index is 846. The molecule has 0 aromatic heterocycles. The summed E-state index contributed by atoms with van der Waals surface area (Å²) in [6.45, 7) is 2.23. The molecule has 0 amide bonds. The molecule has 0 unspecified atom stereocenters. The molecule has 0 aliphatic heterocycles. The molecular weight excluding hydrogens is 264 g/mol. The van der Waals surface area contributed by atoms with Gasteiger partial charge in [0.05, 0.1) is 5.41 Å². The zero-order chi connectivity index (χ0) is 15.0. The Morgan fingerprint density at radius 1 is 0.636 bits per heavy atom. The van der Waals surface area contributed by atoms with Crippen LogP contribution in [0.15, 0.2) is 78.9 Å². The fraction of sp³-hybridized carbons (Fsp3) is 0.0909. The fourth-order valence-electron chi connectivity index (χ4n) is 3.31. The minimum absolute atomic E-state index is 0.247. The Morgan fingerprint density at radius 3 is 1.73 bits per heavy atom. The van der Waals surface area contributed by atoms with Gasteiger partial charge in [0.15, 0.2) is 0 Å². The van der Waals surface area contributed by atoms with E-state index < -0.39 is 0 Å². The summed E-state index contributed by atoms with van der Waals surface area (Å²) in [5, 5.41) is 0. The zero-order valence-electron chi connectivity index (χ0n) is 12.5. The first kappa shape index (κ1) is 12.9. The van der Waals surface area contributed by atoms with Gasteiger partial charge in [-0.2, -0.15) is 0 Å². The molecule has 104 valence electrons. The van der Waals surface area contributed by atoms with Gasteiger partial charge in [-0.25, -0.2) is 0 Å². The van der Waals surface area contributed by atoms with Crippen LogP contribution in [0.5, 0.6) is 0 Å². The molecule has 3 aromatic carbocycles. The Morgan fingerprint density at radius 2 is 1.14 bits per heavy atom. The second kappa shape index (κ2) is 4.90. The molecule has 22 heavy (non-hydrogen) atoms. The molecule has 1 aliphatic carbocycles. The van der Waals surface area contributed by atoms with Gasteiger partial charge in [-0.1, -0.05) is 78.6 Å². The molecule has 0 heteroatoms. The summed E-state index contributed by atoms with van der Waals surface area (Å²) in [6, 6.07) is 27.4. The molecule has 0 bridgehead atoms. The SMILES string of the molecule is CC1(C#Cc2ccccc2)c2ccccc2-c2ccccc21. The third-order valence-corrected chi connectivity index (χ3v) is 4.45. The van der Waals surface area contributed by atoms with E-state index in [4.69, 9.17) is 0 Å². The molecule has 0 atom stereocenters. The molecule has 0 heterocycles. The Labute approximate surface area is 131 Å². The van der Waals surface area contributed by atoms with Crippen molar-refractivity contribution in [1.29, 1.82) is 0 Å². The van der Waals surface area contributed by atoms with Crippen molar-refractivity contribution in [3.8, 4) is 23.0 Å². The highest BCUT2D eigenvalue weighted by Crippen LogP contribution is 2.48. The van der Waals surface area contributed by atoms with Crippen molar-refractivity contribution in [2.45, 2.75) is 12.3 Å². The lowest BCUT2D eigenvalue weighted by atomic mass is 9.80. The van der Waals surface area contributed by atoms with Crippen LogP contribution in [0.25, 0.3) is 11.1 Å². The summed E-state index contributed by atoms with van der Waals surface area (Å²) in [6.07, 6.45) is 0. The lowest BCUT2D eigenvalue weighted by Gasteiger charge is -2.20. The van der Waals surface area contributed by atoms with Crippen LogP contribution < -0.4 is 0 Å². The number of benzene rings is 3. The molecule has 0 saturated carbocycles. The lowest BCUT2D eigenvalue weighted by Crippen LogP contribution is -2.17. The van der Waals surface area contributed by atoms with Gasteiger partial charge in [-0.3, -0.25) is 0 Å². The Kier molecular flexibility index (Phi) is 2.88. The van der Waals surface area contributed by atoms with Crippen molar-refractivity contribution in [1.82, 2.24) is 0 Å². The first-order valence-corrected chi connectivity index (χ1v) is 7.57. The Balaban J connectivity index is 1.93. The predicted octanol–water partition coefficient (Wildman–Crippen LogP) is 5.02. The van der Waals surface area contributed by atoms with E-state index in [1.807, 2.05) is 18.2 Å². The van der Waals surface area contributed by atoms with Crippen LogP contribution in [0.1, 0.15) is 23.6 Å². The highest BCUT2D eigenvalue weighted by atomic mass is 14.4. The predicted molar refractivity (Wildman–Crippen MR) is 91.7 cm³/mol. The summed E-state index contributed by atoms with van der Waals surface area (Å²) in [5.74, 6) is 6.90. The van der Waals surface area contributed by atoms with Crippen molar-refractivity contribution < 1.29 is 0 Å². The summed E-state index contributed by atoms with van der Waals surface area (Å²) < 4.78 is 0. The molecular formula is C22H16. The molecule has 0 spiro atoms. The molecule has 0 N–H and O–H groups in total. The van der Waals surface area contributed by atoms with Gasteiger partial charge < -0.3 is 0 Å². The molecule has 0 fully saturated rings. The summed E-state index contributed by atoms with van der Waals surface area (Å²) >= 11 is 0. The molecule has 1 aliphatic rings. The third-order valence-electron chi connectivity index (χ3n) is 4.45. The second-order valence-corrected chi connectivity index (χ2v) is 5.83. The number of fused-ring (bicyclic) bond motifs is 3. The smallest absolute Gasteiger partial charge is 0.0799 e. The van der Waals surface area contributed by atoms with Gasteiger partial charge in [-0.15, -0.1) is 0 Å². The van der Waals surface area contributed by atoms with Crippen LogP contribution >= 0.6 is 0 Å². The van der Waals surface area contributed by atoms with Crippen LogP contribution in [-0.2, 0) is 5.41 Å². The summed E-state index contributed by atoms with van der Waals surface area (Å²) in [5.41, 5.74) is 6.04. The van der Waals surface area contributed by atoms with E-state index in [0.717, 1.165) is 5.56 Å². The standard InChI is InChI=1S/C22H16/c1-22(16-15-17-9-3-2-4-10-17)20-13-7-5-11-18(20)19-12-6-8-14-21(19)22/h2-14H,1H3. The van der Waals surface area contributed by atoms with Crippen LogP contribution in [-0.4, -0.2) is 0 Å². The van der Waals surface area contributed by atoms with E-state index in [1.165, 1.54) is 22.3 Å². The van der Waals surface area contributed by atoms with Gasteiger partial charge >= 0.3 is 0 Å². The van der Waals surface area contributed by atoms with Crippen molar-refractivity contribution in [3.63, 3.8) is 0 Å². The molecule has 4 rings (SSSR count). The van der Waals surface area contributed by atoms with Gasteiger partial charge in [-0.05, 0) is 41.3 Å². The largest absolute Gasteiger partial charge is 0.0817 e. The quantitative estimate of drug-likeness (QED) is 0.507. The van der Waals surface area contributed by atoms with E-state index in [9.17, 15) is 0 Å². The topological polar surface area (TPSA) is 0 Å². The van der Waals surface area contributed by atoms with Crippen LogP contribution in [0.3, 0.4) is 0 Å². The van der Waals surface area contributed by atoms with Gasteiger partial charge in [0.25, 0.3) is 0 Å².